The number of aliphatic hydroxyl groups is 2. The number of nitriles is 1. The molecule has 0 aliphatic heterocycles. The molecule has 3 rings (SSSR count). The number of nitrogens with zero attached hydrogens (tertiary/aromatic N) is 2. The Morgan fingerprint density at radius 1 is 1.06 bits per heavy atom. The molecule has 0 saturated carbocycles. The fourth-order valence-corrected chi connectivity index (χ4v) is 2.83. The summed E-state index contributed by atoms with van der Waals surface area (Å²) in [5, 5.41) is 27.1. The molecule has 0 fully saturated rings. The first kappa shape index (κ1) is 22.0. The standard InChI is InChI=1S/C22H21N3O6/c23-10-16-4-2-6-19(9-16)31-18-5-1-3-15(8-18)7-17-11-25(22(29)24-21(17)28)14-30-20(12-26)13-27/h1-6,8-9,11,20,26-27H,7,12-14H2,(H,24,28,29). The molecule has 1 heterocycles. The third kappa shape index (κ3) is 5.90. The first-order valence-electron chi connectivity index (χ1n) is 9.45. The van der Waals surface area contributed by atoms with Gasteiger partial charge < -0.3 is 19.7 Å². The van der Waals surface area contributed by atoms with Gasteiger partial charge in [0.05, 0.1) is 24.8 Å². The topological polar surface area (TPSA) is 138 Å². The summed E-state index contributed by atoms with van der Waals surface area (Å²) in [4.78, 5) is 26.5. The molecule has 3 aromatic rings. The number of hydrogen-bond donors (Lipinski definition) is 3. The molecule has 31 heavy (non-hydrogen) atoms. The molecule has 0 unspecified atom stereocenters. The molecular weight excluding hydrogens is 402 g/mol. The van der Waals surface area contributed by atoms with Gasteiger partial charge in [0, 0.05) is 18.2 Å². The minimum atomic E-state index is -0.823. The molecule has 0 amide bonds. The highest BCUT2D eigenvalue weighted by atomic mass is 16.5. The van der Waals surface area contributed by atoms with E-state index in [4.69, 9.17) is 24.9 Å². The van der Waals surface area contributed by atoms with Crippen LogP contribution in [0.5, 0.6) is 11.5 Å². The zero-order valence-electron chi connectivity index (χ0n) is 16.5. The Labute approximate surface area is 177 Å². The summed E-state index contributed by atoms with van der Waals surface area (Å²) in [5.74, 6) is 1.05. The van der Waals surface area contributed by atoms with E-state index in [1.165, 1.54) is 6.20 Å². The Hall–Kier alpha value is -3.71. The quantitative estimate of drug-likeness (QED) is 0.469. The van der Waals surface area contributed by atoms with Crippen molar-refractivity contribution in [1.29, 1.82) is 5.26 Å². The lowest BCUT2D eigenvalue weighted by Crippen LogP contribution is -2.34. The smallest absolute Gasteiger partial charge is 0.330 e. The second kappa shape index (κ2) is 10.4. The van der Waals surface area contributed by atoms with Gasteiger partial charge >= 0.3 is 5.69 Å². The van der Waals surface area contributed by atoms with Crippen LogP contribution in [-0.4, -0.2) is 39.1 Å². The molecule has 0 radical (unpaired) electrons. The Bertz CT molecular complexity index is 1190. The molecule has 0 bridgehead atoms. The summed E-state index contributed by atoms with van der Waals surface area (Å²) in [5.41, 5.74) is 0.410. The van der Waals surface area contributed by atoms with Crippen molar-refractivity contribution in [1.82, 2.24) is 9.55 Å². The fraction of sp³-hybridized carbons (Fsp3) is 0.227. The molecule has 0 saturated heterocycles. The normalized spacial score (nSPS) is 10.8. The van der Waals surface area contributed by atoms with Crippen LogP contribution in [0.3, 0.4) is 0 Å². The molecule has 1 aromatic heterocycles. The van der Waals surface area contributed by atoms with Gasteiger partial charge in [0.2, 0.25) is 0 Å². The molecule has 0 atom stereocenters. The van der Waals surface area contributed by atoms with Gasteiger partial charge in [-0.1, -0.05) is 18.2 Å². The minimum absolute atomic E-state index is 0.229. The molecule has 0 aliphatic rings. The lowest BCUT2D eigenvalue weighted by atomic mass is 10.1. The maximum absolute atomic E-state index is 12.2. The average molecular weight is 423 g/mol. The molecule has 160 valence electrons. The van der Waals surface area contributed by atoms with E-state index >= 15 is 0 Å². The number of hydrogen-bond acceptors (Lipinski definition) is 7. The maximum Gasteiger partial charge on any atom is 0.330 e. The van der Waals surface area contributed by atoms with Crippen LogP contribution in [0.15, 0.2) is 64.3 Å². The van der Waals surface area contributed by atoms with Gasteiger partial charge in [-0.3, -0.25) is 14.3 Å². The van der Waals surface area contributed by atoms with Crippen molar-refractivity contribution in [2.24, 2.45) is 0 Å². The molecule has 0 spiro atoms. The highest BCUT2D eigenvalue weighted by Gasteiger charge is 2.10. The Balaban J connectivity index is 1.78. The number of aromatic amines is 1. The number of benzene rings is 2. The first-order chi connectivity index (χ1) is 15.0. The molecular formula is C22H21N3O6. The third-order valence-electron chi connectivity index (χ3n) is 4.43. The average Bonchev–Trinajstić information content (AvgIpc) is 2.77. The van der Waals surface area contributed by atoms with Crippen LogP contribution in [0.25, 0.3) is 0 Å². The van der Waals surface area contributed by atoms with Crippen LogP contribution < -0.4 is 16.0 Å². The van der Waals surface area contributed by atoms with E-state index in [0.717, 1.165) is 10.1 Å². The Morgan fingerprint density at radius 3 is 2.48 bits per heavy atom. The van der Waals surface area contributed by atoms with Crippen LogP contribution in [-0.2, 0) is 17.9 Å². The summed E-state index contributed by atoms with van der Waals surface area (Å²) in [7, 11) is 0. The number of H-pyrrole nitrogens is 1. The predicted molar refractivity (Wildman–Crippen MR) is 111 cm³/mol. The molecule has 0 aliphatic carbocycles. The van der Waals surface area contributed by atoms with E-state index in [1.807, 2.05) is 6.07 Å². The molecule has 3 N–H and O–H groups in total. The highest BCUT2D eigenvalue weighted by molar-refractivity contribution is 5.40. The summed E-state index contributed by atoms with van der Waals surface area (Å²) in [6.07, 6.45) is 0.793. The SMILES string of the molecule is N#Cc1cccc(Oc2cccc(Cc3cn(COC(CO)CO)c(=O)[nH]c3=O)c2)c1. The largest absolute Gasteiger partial charge is 0.457 e. The van der Waals surface area contributed by atoms with Gasteiger partial charge in [-0.2, -0.15) is 5.26 Å². The van der Waals surface area contributed by atoms with Crippen molar-refractivity contribution < 1.29 is 19.7 Å². The number of rotatable bonds is 9. The van der Waals surface area contributed by atoms with Gasteiger partial charge in [-0.15, -0.1) is 0 Å². The molecule has 9 heteroatoms. The van der Waals surface area contributed by atoms with E-state index in [0.29, 0.717) is 22.6 Å². The highest BCUT2D eigenvalue weighted by Crippen LogP contribution is 2.23. The van der Waals surface area contributed by atoms with Gasteiger partial charge in [-0.25, -0.2) is 4.79 Å². The molecule has 2 aromatic carbocycles. The van der Waals surface area contributed by atoms with Crippen molar-refractivity contribution >= 4 is 0 Å². The fourth-order valence-electron chi connectivity index (χ4n) is 2.83. The lowest BCUT2D eigenvalue weighted by molar-refractivity contribution is -0.0513. The lowest BCUT2D eigenvalue weighted by Gasteiger charge is -2.14. The third-order valence-corrected chi connectivity index (χ3v) is 4.43. The van der Waals surface area contributed by atoms with Crippen molar-refractivity contribution in [2.45, 2.75) is 19.3 Å². The summed E-state index contributed by atoms with van der Waals surface area (Å²) in [6, 6.07) is 15.9. The van der Waals surface area contributed by atoms with Gasteiger partial charge in [0.15, 0.2) is 0 Å². The number of ether oxygens (including phenoxy) is 2. The van der Waals surface area contributed by atoms with Crippen LogP contribution in [0.2, 0.25) is 0 Å². The first-order valence-corrected chi connectivity index (χ1v) is 9.45. The van der Waals surface area contributed by atoms with Crippen molar-refractivity contribution in [3.63, 3.8) is 0 Å². The van der Waals surface area contributed by atoms with E-state index in [1.54, 1.807) is 42.5 Å². The predicted octanol–water partition coefficient (Wildman–Crippen LogP) is 1.12. The second-order valence-corrected chi connectivity index (χ2v) is 6.73. The number of aromatic nitrogens is 2. The van der Waals surface area contributed by atoms with Crippen LogP contribution in [0, 0.1) is 11.3 Å². The van der Waals surface area contributed by atoms with E-state index in [9.17, 15) is 9.59 Å². The number of nitrogens with one attached hydrogen (secondary N) is 1. The van der Waals surface area contributed by atoms with E-state index < -0.39 is 30.6 Å². The van der Waals surface area contributed by atoms with Crippen molar-refractivity contribution in [3.8, 4) is 17.6 Å². The van der Waals surface area contributed by atoms with Crippen LogP contribution >= 0.6 is 0 Å². The van der Waals surface area contributed by atoms with Crippen molar-refractivity contribution in [2.75, 3.05) is 13.2 Å². The van der Waals surface area contributed by atoms with Crippen LogP contribution in [0.1, 0.15) is 16.7 Å². The van der Waals surface area contributed by atoms with Crippen LogP contribution in [0.4, 0.5) is 0 Å². The zero-order chi connectivity index (χ0) is 22.2. The monoisotopic (exact) mass is 423 g/mol. The Kier molecular flexibility index (Phi) is 7.35. The summed E-state index contributed by atoms with van der Waals surface area (Å²) >= 11 is 0. The minimum Gasteiger partial charge on any atom is -0.457 e. The number of aliphatic hydroxyl groups excluding tert-OH is 2. The van der Waals surface area contributed by atoms with Gasteiger partial charge in [0.1, 0.15) is 24.3 Å². The van der Waals surface area contributed by atoms with E-state index in [-0.39, 0.29) is 13.2 Å². The van der Waals surface area contributed by atoms with Crippen molar-refractivity contribution in [3.05, 3.63) is 92.3 Å². The Morgan fingerprint density at radius 2 is 1.77 bits per heavy atom. The molecule has 9 nitrogen and oxygen atoms in total. The zero-order valence-corrected chi connectivity index (χ0v) is 16.5. The summed E-state index contributed by atoms with van der Waals surface area (Å²) in [6.45, 7) is -1.02. The van der Waals surface area contributed by atoms with Gasteiger partial charge in [-0.05, 0) is 35.9 Å². The van der Waals surface area contributed by atoms with Gasteiger partial charge in [0.25, 0.3) is 5.56 Å². The second-order valence-electron chi connectivity index (χ2n) is 6.73. The van der Waals surface area contributed by atoms with E-state index in [2.05, 4.69) is 11.1 Å². The summed E-state index contributed by atoms with van der Waals surface area (Å²) < 4.78 is 12.2. The maximum atomic E-state index is 12.2.